The number of hydrogen-bond acceptors (Lipinski definition) is 2. The molecule has 0 fully saturated rings. The van der Waals surface area contributed by atoms with Gasteiger partial charge in [-0.15, -0.1) is 11.6 Å². The molecular formula is C15H25ClN2. The van der Waals surface area contributed by atoms with Gasteiger partial charge in [-0.2, -0.15) is 0 Å². The molecule has 102 valence electrons. The van der Waals surface area contributed by atoms with E-state index in [9.17, 15) is 0 Å². The van der Waals surface area contributed by atoms with Crippen LogP contribution < -0.4 is 10.6 Å². The first-order chi connectivity index (χ1) is 8.93. The van der Waals surface area contributed by atoms with Gasteiger partial charge in [0.2, 0.25) is 0 Å². The summed E-state index contributed by atoms with van der Waals surface area (Å²) in [4.78, 5) is 0. The Bertz CT molecular complexity index is 277. The largest absolute Gasteiger partial charge is 0.316 e. The molecule has 0 aliphatic rings. The van der Waals surface area contributed by atoms with E-state index in [0.717, 1.165) is 26.2 Å². The van der Waals surface area contributed by atoms with Crippen LogP contribution in [0.15, 0.2) is 30.3 Å². The summed E-state index contributed by atoms with van der Waals surface area (Å²) in [5, 5.41) is 6.79. The molecule has 0 aliphatic heterocycles. The third-order valence-corrected chi connectivity index (χ3v) is 3.09. The van der Waals surface area contributed by atoms with Gasteiger partial charge < -0.3 is 10.6 Å². The molecule has 0 amide bonds. The van der Waals surface area contributed by atoms with Crippen molar-refractivity contribution in [2.24, 2.45) is 0 Å². The molecule has 2 N–H and O–H groups in total. The first-order valence-electron chi connectivity index (χ1n) is 6.95. The van der Waals surface area contributed by atoms with Gasteiger partial charge in [-0.25, -0.2) is 0 Å². The average molecular weight is 269 g/mol. The highest BCUT2D eigenvalue weighted by Crippen LogP contribution is 2.00. The zero-order valence-electron chi connectivity index (χ0n) is 11.1. The lowest BCUT2D eigenvalue weighted by Gasteiger charge is -2.05. The van der Waals surface area contributed by atoms with Crippen LogP contribution in [0.25, 0.3) is 0 Å². The van der Waals surface area contributed by atoms with Gasteiger partial charge in [0.25, 0.3) is 0 Å². The standard InChI is InChI=1S/C15H25ClN2/c16-10-13-17-11-6-1-2-7-12-18-14-15-8-4-3-5-9-15/h3-5,8-9,17-18H,1-2,6-7,10-14H2. The van der Waals surface area contributed by atoms with Crippen molar-refractivity contribution in [3.63, 3.8) is 0 Å². The minimum Gasteiger partial charge on any atom is -0.316 e. The molecule has 0 unspecified atom stereocenters. The second-order valence-electron chi connectivity index (χ2n) is 4.52. The fourth-order valence-corrected chi connectivity index (χ4v) is 2.01. The van der Waals surface area contributed by atoms with Crippen LogP contribution in [0.4, 0.5) is 0 Å². The normalized spacial score (nSPS) is 10.7. The minimum absolute atomic E-state index is 0.712. The smallest absolute Gasteiger partial charge is 0.0348 e. The van der Waals surface area contributed by atoms with Crippen molar-refractivity contribution < 1.29 is 0 Å². The Hall–Kier alpha value is -0.570. The van der Waals surface area contributed by atoms with Gasteiger partial charge in [0.15, 0.2) is 0 Å². The first kappa shape index (κ1) is 15.5. The topological polar surface area (TPSA) is 24.1 Å². The van der Waals surface area contributed by atoms with Crippen molar-refractivity contribution in [1.82, 2.24) is 10.6 Å². The van der Waals surface area contributed by atoms with Crippen molar-refractivity contribution >= 4 is 11.6 Å². The Morgan fingerprint density at radius 3 is 2.11 bits per heavy atom. The number of hydrogen-bond donors (Lipinski definition) is 2. The highest BCUT2D eigenvalue weighted by Gasteiger charge is 1.92. The number of alkyl halides is 1. The Balaban J connectivity index is 1.82. The van der Waals surface area contributed by atoms with Crippen LogP contribution in [0, 0.1) is 0 Å². The maximum absolute atomic E-state index is 5.58. The molecule has 1 aromatic carbocycles. The van der Waals surface area contributed by atoms with Gasteiger partial charge in [0.1, 0.15) is 0 Å². The van der Waals surface area contributed by atoms with Crippen LogP contribution in [0.5, 0.6) is 0 Å². The molecule has 2 nitrogen and oxygen atoms in total. The molecule has 1 rings (SSSR count). The Labute approximate surface area is 116 Å². The molecule has 0 spiro atoms. The van der Waals surface area contributed by atoms with Gasteiger partial charge >= 0.3 is 0 Å². The van der Waals surface area contributed by atoms with E-state index >= 15 is 0 Å². The van der Waals surface area contributed by atoms with E-state index in [1.54, 1.807) is 0 Å². The molecule has 0 aromatic heterocycles. The summed E-state index contributed by atoms with van der Waals surface area (Å²) in [6.07, 6.45) is 5.14. The fraction of sp³-hybridized carbons (Fsp3) is 0.600. The molecule has 18 heavy (non-hydrogen) atoms. The van der Waals surface area contributed by atoms with E-state index in [1.807, 2.05) is 0 Å². The van der Waals surface area contributed by atoms with E-state index in [0.29, 0.717) is 5.88 Å². The number of halogens is 1. The highest BCUT2D eigenvalue weighted by molar-refractivity contribution is 6.18. The molecule has 0 atom stereocenters. The summed E-state index contributed by atoms with van der Waals surface area (Å²) in [6.45, 7) is 4.13. The van der Waals surface area contributed by atoms with Crippen LogP contribution in [0.2, 0.25) is 0 Å². The van der Waals surface area contributed by atoms with Gasteiger partial charge in [-0.05, 0) is 31.5 Å². The van der Waals surface area contributed by atoms with E-state index in [1.165, 1.54) is 31.2 Å². The number of unbranched alkanes of at least 4 members (excludes halogenated alkanes) is 3. The lowest BCUT2D eigenvalue weighted by molar-refractivity contribution is 0.569. The molecule has 0 saturated carbocycles. The van der Waals surface area contributed by atoms with Crippen LogP contribution in [-0.4, -0.2) is 25.5 Å². The third-order valence-electron chi connectivity index (χ3n) is 2.90. The van der Waals surface area contributed by atoms with Crippen LogP contribution in [0.3, 0.4) is 0 Å². The van der Waals surface area contributed by atoms with Crippen molar-refractivity contribution in [2.45, 2.75) is 32.2 Å². The molecule has 0 radical (unpaired) electrons. The third kappa shape index (κ3) is 8.51. The van der Waals surface area contributed by atoms with Crippen LogP contribution in [-0.2, 0) is 6.54 Å². The maximum atomic E-state index is 5.58. The zero-order chi connectivity index (χ0) is 12.9. The van der Waals surface area contributed by atoms with Crippen LogP contribution >= 0.6 is 11.6 Å². The predicted molar refractivity (Wildman–Crippen MR) is 80.2 cm³/mol. The molecule has 1 aromatic rings. The Kier molecular flexibility index (Phi) is 9.91. The van der Waals surface area contributed by atoms with Crippen molar-refractivity contribution in [2.75, 3.05) is 25.5 Å². The summed E-state index contributed by atoms with van der Waals surface area (Å²) in [7, 11) is 0. The lowest BCUT2D eigenvalue weighted by atomic mass is 10.2. The average Bonchev–Trinajstić information content (AvgIpc) is 2.42. The van der Waals surface area contributed by atoms with Crippen molar-refractivity contribution in [3.05, 3.63) is 35.9 Å². The maximum Gasteiger partial charge on any atom is 0.0348 e. The molecule has 0 bridgehead atoms. The number of rotatable bonds is 11. The molecule has 0 heterocycles. The van der Waals surface area contributed by atoms with E-state index in [-0.39, 0.29) is 0 Å². The molecular weight excluding hydrogens is 244 g/mol. The zero-order valence-corrected chi connectivity index (χ0v) is 11.9. The SMILES string of the molecule is ClCCNCCCCCCNCc1ccccc1. The summed E-state index contributed by atoms with van der Waals surface area (Å²) in [5.41, 5.74) is 1.36. The van der Waals surface area contributed by atoms with E-state index < -0.39 is 0 Å². The van der Waals surface area contributed by atoms with Crippen molar-refractivity contribution in [1.29, 1.82) is 0 Å². The molecule has 0 saturated heterocycles. The van der Waals surface area contributed by atoms with Gasteiger partial charge in [-0.1, -0.05) is 43.2 Å². The predicted octanol–water partition coefficient (Wildman–Crippen LogP) is 3.17. The first-order valence-corrected chi connectivity index (χ1v) is 7.48. The minimum atomic E-state index is 0.712. The Morgan fingerprint density at radius 1 is 0.778 bits per heavy atom. The fourth-order valence-electron chi connectivity index (χ4n) is 1.87. The summed E-state index contributed by atoms with van der Waals surface area (Å²) >= 11 is 5.58. The summed E-state index contributed by atoms with van der Waals surface area (Å²) in [6, 6.07) is 10.6. The van der Waals surface area contributed by atoms with E-state index in [2.05, 4.69) is 41.0 Å². The quantitative estimate of drug-likeness (QED) is 0.476. The second-order valence-corrected chi connectivity index (χ2v) is 4.89. The van der Waals surface area contributed by atoms with E-state index in [4.69, 9.17) is 11.6 Å². The van der Waals surface area contributed by atoms with Crippen LogP contribution in [0.1, 0.15) is 31.2 Å². The molecule has 3 heteroatoms. The summed E-state index contributed by atoms with van der Waals surface area (Å²) in [5.74, 6) is 0.712. The highest BCUT2D eigenvalue weighted by atomic mass is 35.5. The number of benzene rings is 1. The second kappa shape index (κ2) is 11.5. The lowest BCUT2D eigenvalue weighted by Crippen LogP contribution is -2.17. The number of nitrogens with one attached hydrogen (secondary N) is 2. The van der Waals surface area contributed by atoms with Gasteiger partial charge in [-0.3, -0.25) is 0 Å². The monoisotopic (exact) mass is 268 g/mol. The summed E-state index contributed by atoms with van der Waals surface area (Å²) < 4.78 is 0. The van der Waals surface area contributed by atoms with Gasteiger partial charge in [0.05, 0.1) is 0 Å². The van der Waals surface area contributed by atoms with Crippen molar-refractivity contribution in [3.8, 4) is 0 Å². The van der Waals surface area contributed by atoms with Gasteiger partial charge in [0, 0.05) is 19.0 Å². The Morgan fingerprint density at radius 2 is 1.44 bits per heavy atom. The molecule has 0 aliphatic carbocycles.